The van der Waals surface area contributed by atoms with Gasteiger partial charge < -0.3 is 19.6 Å². The molecule has 0 spiro atoms. The number of carbonyl (C=O) groups excluding carboxylic acids is 1. The maximum atomic E-state index is 11.2. The second-order valence-corrected chi connectivity index (χ2v) is 4.18. The zero-order chi connectivity index (χ0) is 12.9. The normalized spacial score (nSPS) is 14.4. The van der Waals surface area contributed by atoms with E-state index >= 15 is 0 Å². The Labute approximate surface area is 101 Å². The van der Waals surface area contributed by atoms with Crippen molar-refractivity contribution in [3.05, 3.63) is 23.7 Å². The summed E-state index contributed by atoms with van der Waals surface area (Å²) in [5.41, 5.74) is -0.335. The van der Waals surface area contributed by atoms with Crippen LogP contribution in [0, 0.1) is 0 Å². The number of carbonyl (C=O) groups is 1. The standard InChI is InChI=1S/C12H19NO4/c1-4-12(2,8-14)13-7-9-5-6-10(17-9)11(15)16-3/h5-6,13-14H,4,7-8H2,1-3H3. The minimum absolute atomic E-state index is 0.0497. The average molecular weight is 241 g/mol. The van der Waals surface area contributed by atoms with Gasteiger partial charge >= 0.3 is 5.97 Å². The van der Waals surface area contributed by atoms with Gasteiger partial charge in [-0.1, -0.05) is 6.92 Å². The largest absolute Gasteiger partial charge is 0.463 e. The van der Waals surface area contributed by atoms with Crippen molar-refractivity contribution in [1.82, 2.24) is 5.32 Å². The van der Waals surface area contributed by atoms with Crippen molar-refractivity contribution in [3.63, 3.8) is 0 Å². The van der Waals surface area contributed by atoms with E-state index in [2.05, 4.69) is 10.1 Å². The van der Waals surface area contributed by atoms with E-state index in [0.29, 0.717) is 12.3 Å². The fourth-order valence-corrected chi connectivity index (χ4v) is 1.28. The van der Waals surface area contributed by atoms with Crippen LogP contribution in [-0.2, 0) is 11.3 Å². The molecule has 1 heterocycles. The third-order valence-corrected chi connectivity index (χ3v) is 2.87. The predicted molar refractivity (Wildman–Crippen MR) is 62.7 cm³/mol. The molecule has 2 N–H and O–H groups in total. The van der Waals surface area contributed by atoms with Gasteiger partial charge in [-0.05, 0) is 25.5 Å². The molecule has 1 unspecified atom stereocenters. The molecule has 5 nitrogen and oxygen atoms in total. The average Bonchev–Trinajstić information content (AvgIpc) is 2.84. The molecule has 0 fully saturated rings. The van der Waals surface area contributed by atoms with Gasteiger partial charge in [0.05, 0.1) is 20.3 Å². The lowest BCUT2D eigenvalue weighted by molar-refractivity contribution is 0.0562. The third-order valence-electron chi connectivity index (χ3n) is 2.87. The number of hydrogen-bond donors (Lipinski definition) is 2. The van der Waals surface area contributed by atoms with Gasteiger partial charge in [0.15, 0.2) is 0 Å². The number of furan rings is 1. The molecule has 0 aliphatic heterocycles. The van der Waals surface area contributed by atoms with Gasteiger partial charge in [-0.3, -0.25) is 0 Å². The predicted octanol–water partition coefficient (Wildman–Crippen LogP) is 1.32. The summed E-state index contributed by atoms with van der Waals surface area (Å²) in [5.74, 6) is 0.335. The van der Waals surface area contributed by atoms with Gasteiger partial charge in [-0.25, -0.2) is 4.79 Å². The van der Waals surface area contributed by atoms with Crippen LogP contribution in [0.4, 0.5) is 0 Å². The topological polar surface area (TPSA) is 71.7 Å². The quantitative estimate of drug-likeness (QED) is 0.735. The Kier molecular flexibility index (Phi) is 4.72. The maximum absolute atomic E-state index is 11.2. The van der Waals surface area contributed by atoms with Crippen LogP contribution in [0.25, 0.3) is 0 Å². The molecule has 0 radical (unpaired) electrons. The Bertz CT molecular complexity index is 368. The van der Waals surface area contributed by atoms with Crippen molar-refractivity contribution in [1.29, 1.82) is 0 Å². The van der Waals surface area contributed by atoms with Crippen molar-refractivity contribution < 1.29 is 19.1 Å². The third kappa shape index (κ3) is 3.57. The summed E-state index contributed by atoms with van der Waals surface area (Å²) < 4.78 is 9.85. The summed E-state index contributed by atoms with van der Waals surface area (Å²) >= 11 is 0. The number of ether oxygens (including phenoxy) is 1. The summed E-state index contributed by atoms with van der Waals surface area (Å²) in [5, 5.41) is 12.4. The molecule has 0 aliphatic carbocycles. The number of nitrogens with one attached hydrogen (secondary N) is 1. The summed E-state index contributed by atoms with van der Waals surface area (Å²) in [7, 11) is 1.31. The van der Waals surface area contributed by atoms with E-state index in [1.165, 1.54) is 7.11 Å². The first-order chi connectivity index (χ1) is 8.04. The van der Waals surface area contributed by atoms with Crippen molar-refractivity contribution in [2.24, 2.45) is 0 Å². The van der Waals surface area contributed by atoms with E-state index in [1.807, 2.05) is 13.8 Å². The first kappa shape index (κ1) is 13.7. The molecule has 0 saturated heterocycles. The van der Waals surface area contributed by atoms with Crippen LogP contribution >= 0.6 is 0 Å². The summed E-state index contributed by atoms with van der Waals surface area (Å²) in [6, 6.07) is 3.29. The number of aliphatic hydroxyl groups is 1. The van der Waals surface area contributed by atoms with E-state index in [-0.39, 0.29) is 17.9 Å². The minimum atomic E-state index is -0.489. The molecule has 1 aromatic heterocycles. The lowest BCUT2D eigenvalue weighted by atomic mass is 10.0. The molecular weight excluding hydrogens is 222 g/mol. The number of hydrogen-bond acceptors (Lipinski definition) is 5. The molecule has 0 saturated carbocycles. The second kappa shape index (κ2) is 5.84. The second-order valence-electron chi connectivity index (χ2n) is 4.18. The van der Waals surface area contributed by atoms with Crippen molar-refractivity contribution >= 4 is 5.97 Å². The van der Waals surface area contributed by atoms with E-state index in [4.69, 9.17) is 4.42 Å². The highest BCUT2D eigenvalue weighted by molar-refractivity contribution is 5.86. The van der Waals surface area contributed by atoms with Crippen LogP contribution in [0.1, 0.15) is 36.6 Å². The Morgan fingerprint density at radius 1 is 1.59 bits per heavy atom. The van der Waals surface area contributed by atoms with Gasteiger partial charge in [0.25, 0.3) is 0 Å². The van der Waals surface area contributed by atoms with Gasteiger partial charge in [0.1, 0.15) is 5.76 Å². The highest BCUT2D eigenvalue weighted by Crippen LogP contribution is 2.12. The first-order valence-corrected chi connectivity index (χ1v) is 5.57. The van der Waals surface area contributed by atoms with Gasteiger partial charge in [-0.2, -0.15) is 0 Å². The number of rotatable bonds is 6. The number of esters is 1. The lowest BCUT2D eigenvalue weighted by Crippen LogP contribution is -2.44. The smallest absolute Gasteiger partial charge is 0.373 e. The summed E-state index contributed by atoms with van der Waals surface area (Å²) in [4.78, 5) is 11.2. The Morgan fingerprint density at radius 2 is 2.29 bits per heavy atom. The van der Waals surface area contributed by atoms with E-state index in [1.54, 1.807) is 12.1 Å². The Morgan fingerprint density at radius 3 is 2.82 bits per heavy atom. The number of methoxy groups -OCH3 is 1. The SMILES string of the molecule is CCC(C)(CO)NCc1ccc(C(=O)OC)o1. The molecule has 96 valence electrons. The maximum Gasteiger partial charge on any atom is 0.373 e. The van der Waals surface area contributed by atoms with Crippen LogP contribution < -0.4 is 5.32 Å². The van der Waals surface area contributed by atoms with Crippen LogP contribution in [0.15, 0.2) is 16.5 Å². The molecule has 1 rings (SSSR count). The molecule has 0 aromatic carbocycles. The van der Waals surface area contributed by atoms with Gasteiger partial charge in [0.2, 0.25) is 5.76 Å². The zero-order valence-corrected chi connectivity index (χ0v) is 10.4. The van der Waals surface area contributed by atoms with Gasteiger partial charge in [-0.15, -0.1) is 0 Å². The van der Waals surface area contributed by atoms with E-state index in [0.717, 1.165) is 6.42 Å². The molecule has 1 atom stereocenters. The molecule has 0 amide bonds. The molecule has 17 heavy (non-hydrogen) atoms. The molecule has 5 heteroatoms. The number of aliphatic hydroxyl groups excluding tert-OH is 1. The molecule has 1 aromatic rings. The Balaban J connectivity index is 2.58. The van der Waals surface area contributed by atoms with E-state index < -0.39 is 5.97 Å². The lowest BCUT2D eigenvalue weighted by Gasteiger charge is -2.26. The minimum Gasteiger partial charge on any atom is -0.463 e. The monoisotopic (exact) mass is 241 g/mol. The zero-order valence-electron chi connectivity index (χ0n) is 10.4. The van der Waals surface area contributed by atoms with Crippen molar-refractivity contribution in [2.45, 2.75) is 32.4 Å². The van der Waals surface area contributed by atoms with Crippen molar-refractivity contribution in [3.8, 4) is 0 Å². The van der Waals surface area contributed by atoms with Crippen LogP contribution in [0.3, 0.4) is 0 Å². The molecule has 0 aliphatic rings. The Hall–Kier alpha value is -1.33. The summed E-state index contributed by atoms with van der Waals surface area (Å²) in [6.07, 6.45) is 0.800. The van der Waals surface area contributed by atoms with Crippen LogP contribution in [0.2, 0.25) is 0 Å². The van der Waals surface area contributed by atoms with E-state index in [9.17, 15) is 9.90 Å². The van der Waals surface area contributed by atoms with Crippen molar-refractivity contribution in [2.75, 3.05) is 13.7 Å². The van der Waals surface area contributed by atoms with Gasteiger partial charge in [0, 0.05) is 5.54 Å². The molecule has 0 bridgehead atoms. The highest BCUT2D eigenvalue weighted by Gasteiger charge is 2.20. The summed E-state index contributed by atoms with van der Waals surface area (Å²) in [6.45, 7) is 4.43. The molecular formula is C12H19NO4. The fourth-order valence-electron chi connectivity index (χ4n) is 1.28. The highest BCUT2D eigenvalue weighted by atomic mass is 16.5. The van der Waals surface area contributed by atoms with Crippen LogP contribution in [-0.4, -0.2) is 30.3 Å². The fraction of sp³-hybridized carbons (Fsp3) is 0.583. The van der Waals surface area contributed by atoms with Crippen LogP contribution in [0.5, 0.6) is 0 Å². The first-order valence-electron chi connectivity index (χ1n) is 5.57.